The van der Waals surface area contributed by atoms with E-state index in [9.17, 15) is 8.42 Å². The van der Waals surface area contributed by atoms with E-state index in [0.29, 0.717) is 22.8 Å². The number of pyridine rings is 1. The largest absolute Gasteiger partial charge is 0.477 e. The Hall–Kier alpha value is -4.25. The number of ether oxygens (including phenoxy) is 1. The molecule has 0 spiro atoms. The minimum Gasteiger partial charge on any atom is -0.477 e. The van der Waals surface area contributed by atoms with Crippen molar-refractivity contribution >= 4 is 26.7 Å². The lowest BCUT2D eigenvalue weighted by atomic mass is 10.2. The first-order valence-electron chi connectivity index (χ1n) is 9.45. The van der Waals surface area contributed by atoms with Gasteiger partial charge in [-0.3, -0.25) is 9.55 Å². The molecule has 0 atom stereocenters. The lowest BCUT2D eigenvalue weighted by Gasteiger charge is -2.10. The second kappa shape index (κ2) is 7.78. The molecule has 32 heavy (non-hydrogen) atoms. The highest BCUT2D eigenvalue weighted by atomic mass is 32.2. The zero-order valence-electron chi connectivity index (χ0n) is 16.5. The molecule has 11 heteroatoms. The number of rotatable bonds is 6. The molecular formula is C21H16N6O4S. The fourth-order valence-corrected chi connectivity index (χ4v) is 4.24. The summed E-state index contributed by atoms with van der Waals surface area (Å²) in [5, 5.41) is 7.49. The summed E-state index contributed by atoms with van der Waals surface area (Å²) >= 11 is 0. The highest BCUT2D eigenvalue weighted by Crippen LogP contribution is 2.30. The first kappa shape index (κ1) is 19.7. The maximum atomic E-state index is 12.4. The third kappa shape index (κ3) is 3.54. The van der Waals surface area contributed by atoms with Crippen LogP contribution in [0.3, 0.4) is 0 Å². The van der Waals surface area contributed by atoms with Crippen LogP contribution >= 0.6 is 0 Å². The van der Waals surface area contributed by atoms with Gasteiger partial charge in [0.2, 0.25) is 9.84 Å². The van der Waals surface area contributed by atoms with E-state index in [1.54, 1.807) is 54.9 Å². The van der Waals surface area contributed by atoms with Crippen molar-refractivity contribution < 1.29 is 17.8 Å². The monoisotopic (exact) mass is 448 g/mol. The van der Waals surface area contributed by atoms with Crippen LogP contribution in [0.1, 0.15) is 0 Å². The lowest BCUT2D eigenvalue weighted by Crippen LogP contribution is -2.12. The normalized spacial score (nSPS) is 11.6. The zero-order valence-corrected chi connectivity index (χ0v) is 17.3. The number of nitrogen functional groups attached to an aromatic ring is 1. The van der Waals surface area contributed by atoms with Crippen molar-refractivity contribution in [1.29, 1.82) is 0 Å². The molecule has 2 N–H and O–H groups in total. The van der Waals surface area contributed by atoms with Gasteiger partial charge in [0.25, 0.3) is 0 Å². The van der Waals surface area contributed by atoms with Crippen LogP contribution in [0.15, 0.2) is 82.6 Å². The lowest BCUT2D eigenvalue weighted by molar-refractivity contribution is 0.310. The quantitative estimate of drug-likeness (QED) is 0.415. The van der Waals surface area contributed by atoms with Gasteiger partial charge < -0.3 is 10.5 Å². The summed E-state index contributed by atoms with van der Waals surface area (Å²) in [6.45, 7) is 0. The first-order chi connectivity index (χ1) is 15.5. The van der Waals surface area contributed by atoms with E-state index >= 15 is 0 Å². The number of nitrogens with zero attached hydrogens (tertiary/aromatic N) is 5. The molecule has 2 aromatic carbocycles. The van der Waals surface area contributed by atoms with Crippen molar-refractivity contribution in [1.82, 2.24) is 24.8 Å². The molecule has 10 nitrogen and oxygen atoms in total. The molecule has 5 rings (SSSR count). The van der Waals surface area contributed by atoms with Crippen molar-refractivity contribution in [3.63, 3.8) is 0 Å². The van der Waals surface area contributed by atoms with Gasteiger partial charge in [0.05, 0.1) is 16.6 Å². The summed E-state index contributed by atoms with van der Waals surface area (Å²) in [6, 6.07) is 16.9. The molecule has 160 valence electrons. The van der Waals surface area contributed by atoms with Gasteiger partial charge >= 0.3 is 0 Å². The Balaban J connectivity index is 1.47. The number of sulfone groups is 1. The van der Waals surface area contributed by atoms with E-state index in [1.807, 2.05) is 10.6 Å². The summed E-state index contributed by atoms with van der Waals surface area (Å²) in [4.78, 5) is 8.88. The van der Waals surface area contributed by atoms with Gasteiger partial charge in [-0.2, -0.15) is 0 Å². The van der Waals surface area contributed by atoms with Gasteiger partial charge in [-0.15, -0.1) is 0 Å². The molecule has 0 aliphatic carbocycles. The van der Waals surface area contributed by atoms with Gasteiger partial charge in [0.1, 0.15) is 11.3 Å². The van der Waals surface area contributed by atoms with Gasteiger partial charge in [-0.25, -0.2) is 18.0 Å². The molecule has 0 saturated carbocycles. The predicted molar refractivity (Wildman–Crippen MR) is 116 cm³/mol. The van der Waals surface area contributed by atoms with Crippen LogP contribution < -0.4 is 10.5 Å². The number of imidazole rings is 1. The number of aromatic nitrogens is 5. The number of hydrogen-bond donors (Lipinski definition) is 1. The molecule has 0 radical (unpaired) electrons. The Labute approximate surface area is 182 Å². The zero-order chi connectivity index (χ0) is 22.1. The van der Waals surface area contributed by atoms with Crippen LogP contribution in [0.5, 0.6) is 5.75 Å². The Morgan fingerprint density at radius 1 is 1.00 bits per heavy atom. The number of benzene rings is 2. The van der Waals surface area contributed by atoms with Crippen molar-refractivity contribution in [3.05, 3.63) is 73.1 Å². The standard InChI is InChI=1S/C21H16N6O4S/c22-20-19(25-31-26-20)21-24-17-12-23-11-10-18(17)27(21)14-6-8-15(9-7-14)30-13-32(28,29)16-4-2-1-3-5-16/h1-12H,13H2,(H2,22,26). The second-order valence-electron chi connectivity index (χ2n) is 6.82. The highest BCUT2D eigenvalue weighted by molar-refractivity contribution is 7.91. The smallest absolute Gasteiger partial charge is 0.213 e. The second-order valence-corrected chi connectivity index (χ2v) is 8.75. The molecule has 3 aromatic heterocycles. The van der Waals surface area contributed by atoms with E-state index in [-0.39, 0.29) is 10.7 Å². The van der Waals surface area contributed by atoms with Crippen LogP contribution in [0.25, 0.3) is 28.2 Å². The van der Waals surface area contributed by atoms with E-state index in [1.165, 1.54) is 12.1 Å². The average Bonchev–Trinajstić information content (AvgIpc) is 3.42. The molecular weight excluding hydrogens is 432 g/mol. The fraction of sp³-hybridized carbons (Fsp3) is 0.0476. The van der Waals surface area contributed by atoms with Gasteiger partial charge in [0, 0.05) is 11.9 Å². The van der Waals surface area contributed by atoms with E-state index in [0.717, 1.165) is 11.2 Å². The van der Waals surface area contributed by atoms with Crippen LogP contribution in [-0.2, 0) is 9.84 Å². The third-order valence-corrected chi connectivity index (χ3v) is 6.18. The highest BCUT2D eigenvalue weighted by Gasteiger charge is 2.20. The maximum absolute atomic E-state index is 12.4. The molecule has 0 fully saturated rings. The molecule has 0 amide bonds. The number of anilines is 1. The molecule has 0 aliphatic heterocycles. The van der Waals surface area contributed by atoms with Crippen molar-refractivity contribution in [2.24, 2.45) is 0 Å². The summed E-state index contributed by atoms with van der Waals surface area (Å²) in [5.74, 6) is 0.485. The Morgan fingerprint density at radius 3 is 2.50 bits per heavy atom. The summed E-state index contributed by atoms with van der Waals surface area (Å²) in [7, 11) is -3.57. The number of nitrogens with two attached hydrogens (primary N) is 1. The van der Waals surface area contributed by atoms with E-state index in [4.69, 9.17) is 15.1 Å². The average molecular weight is 448 g/mol. The number of fused-ring (bicyclic) bond motifs is 1. The van der Waals surface area contributed by atoms with Crippen molar-refractivity contribution in [2.45, 2.75) is 4.90 Å². The summed E-state index contributed by atoms with van der Waals surface area (Å²) in [5.41, 5.74) is 8.33. The van der Waals surface area contributed by atoms with Crippen LogP contribution in [0.2, 0.25) is 0 Å². The third-order valence-electron chi connectivity index (χ3n) is 4.76. The van der Waals surface area contributed by atoms with Crippen molar-refractivity contribution in [2.75, 3.05) is 11.7 Å². The SMILES string of the molecule is Nc1nonc1-c1nc2cnccc2n1-c1ccc(OCS(=O)(=O)c2ccccc2)cc1. The molecule has 0 aliphatic rings. The van der Waals surface area contributed by atoms with E-state index < -0.39 is 15.8 Å². The van der Waals surface area contributed by atoms with Crippen LogP contribution in [0.4, 0.5) is 5.82 Å². The van der Waals surface area contributed by atoms with E-state index in [2.05, 4.69) is 20.3 Å². The summed E-state index contributed by atoms with van der Waals surface area (Å²) < 4.78 is 37.0. The van der Waals surface area contributed by atoms with Gasteiger partial charge in [-0.1, -0.05) is 18.2 Å². The van der Waals surface area contributed by atoms with Gasteiger partial charge in [-0.05, 0) is 52.8 Å². The molecule has 0 unspecified atom stereocenters. The van der Waals surface area contributed by atoms with Crippen LogP contribution in [-0.4, -0.2) is 39.2 Å². The first-order valence-corrected chi connectivity index (χ1v) is 11.1. The minimum atomic E-state index is -3.57. The topological polar surface area (TPSA) is 139 Å². The number of hydrogen-bond acceptors (Lipinski definition) is 9. The van der Waals surface area contributed by atoms with Gasteiger partial charge in [0.15, 0.2) is 23.3 Å². The molecule has 3 heterocycles. The molecule has 0 saturated heterocycles. The Kier molecular flexibility index (Phi) is 4.79. The van der Waals surface area contributed by atoms with Crippen LogP contribution in [0, 0.1) is 0 Å². The molecule has 5 aromatic rings. The molecule has 0 bridgehead atoms. The van der Waals surface area contributed by atoms with Crippen molar-refractivity contribution in [3.8, 4) is 23.0 Å². The Morgan fingerprint density at radius 2 is 1.78 bits per heavy atom. The predicted octanol–water partition coefficient (Wildman–Crippen LogP) is 2.86. The summed E-state index contributed by atoms with van der Waals surface area (Å²) in [6.07, 6.45) is 3.28. The fourth-order valence-electron chi connectivity index (χ4n) is 3.24. The maximum Gasteiger partial charge on any atom is 0.213 e. The minimum absolute atomic E-state index is 0.112. The Bertz CT molecular complexity index is 1490.